The number of methoxy groups -OCH3 is 1. The van der Waals surface area contributed by atoms with E-state index < -0.39 is 11.9 Å². The molecular formula is C11H10N2O3. The lowest BCUT2D eigenvalue weighted by Crippen LogP contribution is -2.31. The molecule has 82 valence electrons. The van der Waals surface area contributed by atoms with Crippen molar-refractivity contribution in [3.05, 3.63) is 35.4 Å². The molecule has 1 aromatic carbocycles. The van der Waals surface area contributed by atoms with Crippen molar-refractivity contribution in [3.8, 4) is 6.07 Å². The largest absolute Gasteiger partial charge is 0.462 e. The number of rotatable bonds is 2. The number of nitrogens with one attached hydrogen (secondary N) is 1. The highest BCUT2D eigenvalue weighted by Gasteiger charge is 2.12. The van der Waals surface area contributed by atoms with Crippen molar-refractivity contribution in [2.75, 3.05) is 7.11 Å². The summed E-state index contributed by atoms with van der Waals surface area (Å²) in [6.07, 6.45) is 0. The maximum Gasteiger partial charge on any atom is 0.396 e. The predicted octanol–water partition coefficient (Wildman–Crippen LogP) is 0.347. The van der Waals surface area contributed by atoms with Crippen molar-refractivity contribution in [1.29, 1.82) is 5.26 Å². The Bertz CT molecular complexity index is 432. The highest BCUT2D eigenvalue weighted by atomic mass is 16.5. The highest BCUT2D eigenvalue weighted by molar-refractivity contribution is 6.32. The number of nitrogens with zero attached hydrogens (tertiary/aromatic N) is 1. The third-order valence-electron chi connectivity index (χ3n) is 1.91. The number of hydrogen-bond acceptors (Lipinski definition) is 4. The third-order valence-corrected chi connectivity index (χ3v) is 1.91. The van der Waals surface area contributed by atoms with E-state index in [2.05, 4.69) is 10.1 Å². The number of carbonyl (C=O) groups is 2. The van der Waals surface area contributed by atoms with E-state index in [4.69, 9.17) is 5.26 Å². The van der Waals surface area contributed by atoms with Crippen molar-refractivity contribution in [3.63, 3.8) is 0 Å². The summed E-state index contributed by atoms with van der Waals surface area (Å²) in [5.74, 6) is -1.71. The Morgan fingerprint density at radius 1 is 1.38 bits per heavy atom. The maximum atomic E-state index is 11.0. The number of benzene rings is 1. The van der Waals surface area contributed by atoms with Gasteiger partial charge in [0.2, 0.25) is 0 Å². The van der Waals surface area contributed by atoms with Gasteiger partial charge in [-0.1, -0.05) is 12.1 Å². The molecule has 1 rings (SSSR count). The van der Waals surface area contributed by atoms with Crippen LogP contribution in [0.4, 0.5) is 0 Å². The molecule has 0 fully saturated rings. The van der Waals surface area contributed by atoms with Crippen molar-refractivity contribution in [2.24, 2.45) is 0 Å². The summed E-state index contributed by atoms with van der Waals surface area (Å²) in [6, 6.07) is 8.67. The third kappa shape index (κ3) is 3.10. The SMILES string of the molecule is COC(=O)C(=O)NCc1ccc(C#N)cc1. The Labute approximate surface area is 92.6 Å². The van der Waals surface area contributed by atoms with Gasteiger partial charge < -0.3 is 10.1 Å². The Balaban J connectivity index is 2.52. The molecule has 1 N–H and O–H groups in total. The van der Waals surface area contributed by atoms with Crippen molar-refractivity contribution in [2.45, 2.75) is 6.54 Å². The average Bonchev–Trinajstić information content (AvgIpc) is 2.35. The second kappa shape index (κ2) is 5.51. The minimum atomic E-state index is -0.923. The van der Waals surface area contributed by atoms with E-state index >= 15 is 0 Å². The van der Waals surface area contributed by atoms with Gasteiger partial charge in [-0.15, -0.1) is 0 Å². The van der Waals surface area contributed by atoms with Crippen LogP contribution in [-0.4, -0.2) is 19.0 Å². The quantitative estimate of drug-likeness (QED) is 0.573. The molecule has 0 aliphatic rings. The number of nitriles is 1. The number of ether oxygens (including phenoxy) is 1. The molecule has 0 heterocycles. The van der Waals surface area contributed by atoms with Crippen LogP contribution in [0.5, 0.6) is 0 Å². The van der Waals surface area contributed by atoms with Gasteiger partial charge in [-0.25, -0.2) is 4.79 Å². The van der Waals surface area contributed by atoms with Crippen LogP contribution >= 0.6 is 0 Å². The zero-order valence-electron chi connectivity index (χ0n) is 8.69. The van der Waals surface area contributed by atoms with E-state index in [1.54, 1.807) is 24.3 Å². The molecule has 0 aliphatic carbocycles. The average molecular weight is 218 g/mol. The van der Waals surface area contributed by atoms with Gasteiger partial charge in [0.15, 0.2) is 0 Å². The molecule has 0 aromatic heterocycles. The molecule has 16 heavy (non-hydrogen) atoms. The van der Waals surface area contributed by atoms with Crippen LogP contribution in [0, 0.1) is 11.3 Å². The van der Waals surface area contributed by atoms with E-state index in [9.17, 15) is 9.59 Å². The maximum absolute atomic E-state index is 11.0. The Morgan fingerprint density at radius 2 is 2.00 bits per heavy atom. The molecule has 5 heteroatoms. The normalized spacial score (nSPS) is 9.00. The Hall–Kier alpha value is -2.35. The first-order chi connectivity index (χ1) is 7.67. The van der Waals surface area contributed by atoms with E-state index in [0.29, 0.717) is 5.56 Å². The fourth-order valence-corrected chi connectivity index (χ4v) is 1.04. The zero-order valence-corrected chi connectivity index (χ0v) is 8.69. The molecule has 1 amide bonds. The Kier molecular flexibility index (Phi) is 4.04. The lowest BCUT2D eigenvalue weighted by Gasteiger charge is -2.03. The summed E-state index contributed by atoms with van der Waals surface area (Å²) in [4.78, 5) is 21.8. The van der Waals surface area contributed by atoms with Crippen LogP contribution in [0.25, 0.3) is 0 Å². The van der Waals surface area contributed by atoms with Gasteiger partial charge in [-0.05, 0) is 17.7 Å². The van der Waals surface area contributed by atoms with Crippen LogP contribution in [0.1, 0.15) is 11.1 Å². The molecule has 0 saturated carbocycles. The summed E-state index contributed by atoms with van der Waals surface area (Å²) in [5.41, 5.74) is 1.35. The molecule has 0 bridgehead atoms. The molecular weight excluding hydrogens is 208 g/mol. The van der Waals surface area contributed by atoms with Gasteiger partial charge in [0.25, 0.3) is 0 Å². The second-order valence-corrected chi connectivity index (χ2v) is 2.98. The number of hydrogen-bond donors (Lipinski definition) is 1. The molecule has 5 nitrogen and oxygen atoms in total. The van der Waals surface area contributed by atoms with Crippen LogP contribution in [0.3, 0.4) is 0 Å². The summed E-state index contributed by atoms with van der Waals surface area (Å²) in [7, 11) is 1.14. The molecule has 0 saturated heterocycles. The summed E-state index contributed by atoms with van der Waals surface area (Å²) in [5, 5.41) is 11.0. The minimum absolute atomic E-state index is 0.222. The fraction of sp³-hybridized carbons (Fsp3) is 0.182. The molecule has 0 spiro atoms. The summed E-state index contributed by atoms with van der Waals surface area (Å²) >= 11 is 0. The van der Waals surface area contributed by atoms with Gasteiger partial charge in [0, 0.05) is 6.54 Å². The second-order valence-electron chi connectivity index (χ2n) is 2.98. The highest BCUT2D eigenvalue weighted by Crippen LogP contribution is 2.02. The number of carbonyl (C=O) groups excluding carboxylic acids is 2. The van der Waals surface area contributed by atoms with Crippen LogP contribution < -0.4 is 5.32 Å². The predicted molar refractivity (Wildman–Crippen MR) is 55.0 cm³/mol. The lowest BCUT2D eigenvalue weighted by atomic mass is 10.1. The van der Waals surface area contributed by atoms with Crippen LogP contribution in [0.15, 0.2) is 24.3 Å². The molecule has 0 atom stereocenters. The van der Waals surface area contributed by atoms with Gasteiger partial charge >= 0.3 is 11.9 Å². The van der Waals surface area contributed by atoms with Crippen molar-refractivity contribution < 1.29 is 14.3 Å². The standard InChI is InChI=1S/C11H10N2O3/c1-16-11(15)10(14)13-7-9-4-2-8(6-12)3-5-9/h2-5H,7H2,1H3,(H,13,14). The molecule has 1 aromatic rings. The molecule has 0 radical (unpaired) electrons. The molecule has 0 aliphatic heterocycles. The zero-order chi connectivity index (χ0) is 12.0. The topological polar surface area (TPSA) is 79.2 Å². The first-order valence-corrected chi connectivity index (χ1v) is 4.52. The first kappa shape index (κ1) is 11.7. The van der Waals surface area contributed by atoms with Crippen molar-refractivity contribution in [1.82, 2.24) is 5.32 Å². The van der Waals surface area contributed by atoms with Gasteiger partial charge in [-0.3, -0.25) is 4.79 Å². The van der Waals surface area contributed by atoms with E-state index in [0.717, 1.165) is 12.7 Å². The van der Waals surface area contributed by atoms with Crippen LogP contribution in [0.2, 0.25) is 0 Å². The van der Waals surface area contributed by atoms with Crippen LogP contribution in [-0.2, 0) is 20.9 Å². The lowest BCUT2D eigenvalue weighted by molar-refractivity contribution is -0.152. The number of esters is 1. The van der Waals surface area contributed by atoms with E-state index in [1.807, 2.05) is 6.07 Å². The van der Waals surface area contributed by atoms with Gasteiger partial charge in [-0.2, -0.15) is 5.26 Å². The summed E-state index contributed by atoms with van der Waals surface area (Å²) < 4.78 is 4.24. The Morgan fingerprint density at radius 3 is 2.50 bits per heavy atom. The number of amides is 1. The summed E-state index contributed by atoms with van der Waals surface area (Å²) in [6.45, 7) is 0.222. The fourth-order valence-electron chi connectivity index (χ4n) is 1.04. The van der Waals surface area contributed by atoms with Gasteiger partial charge in [0.05, 0.1) is 18.7 Å². The monoisotopic (exact) mass is 218 g/mol. The molecule has 0 unspecified atom stereocenters. The first-order valence-electron chi connectivity index (χ1n) is 4.52. The van der Waals surface area contributed by atoms with Crippen molar-refractivity contribution >= 4 is 11.9 Å². The minimum Gasteiger partial charge on any atom is -0.462 e. The smallest absolute Gasteiger partial charge is 0.396 e. The van der Waals surface area contributed by atoms with E-state index in [1.165, 1.54) is 0 Å². The van der Waals surface area contributed by atoms with E-state index in [-0.39, 0.29) is 6.54 Å². The van der Waals surface area contributed by atoms with Gasteiger partial charge in [0.1, 0.15) is 0 Å².